The molecule has 0 radical (unpaired) electrons. The standard InChI is InChI=1S/C55H74O9/c1-15-32-41(56)19-17-30(46(32)59)22-36-48(61)35(25-39(50(36)63)54(12,13)14)44(55-21-20-43(64-55)37(26-51(3,4)5)40(55)28-53(9,10)11)34-24-31(23-33-42(57)18-16-29(2)45(33)58)47(60)38(49(34)62)27-52(6,7)8/h16-21,24-25,37,40,43-44,56-63H,15,22-23,26-28H2,1-14H3. The molecule has 4 aromatic rings. The molecule has 2 aliphatic rings. The van der Waals surface area contributed by atoms with E-state index >= 15 is 0 Å². The summed E-state index contributed by atoms with van der Waals surface area (Å²) in [6.07, 6.45) is 5.97. The number of phenolic OH excluding ortho intramolecular Hbond substituents is 8. The van der Waals surface area contributed by atoms with Crippen LogP contribution >= 0.6 is 0 Å². The third-order valence-corrected chi connectivity index (χ3v) is 13.4. The summed E-state index contributed by atoms with van der Waals surface area (Å²) in [6.45, 7) is 28.9. The molecule has 1 saturated heterocycles. The Morgan fingerprint density at radius 1 is 0.578 bits per heavy atom. The smallest absolute Gasteiger partial charge is 0.126 e. The van der Waals surface area contributed by atoms with Crippen molar-refractivity contribution in [2.24, 2.45) is 28.1 Å². The molecule has 8 N–H and O–H groups in total. The molecule has 6 rings (SSSR count). The molecule has 9 heteroatoms. The fraction of sp³-hybridized carbons (Fsp3) is 0.527. The van der Waals surface area contributed by atoms with Crippen molar-refractivity contribution < 1.29 is 45.6 Å². The van der Waals surface area contributed by atoms with Gasteiger partial charge in [-0.05, 0) is 107 Å². The molecule has 348 valence electrons. The first-order valence-electron chi connectivity index (χ1n) is 22.9. The van der Waals surface area contributed by atoms with Crippen molar-refractivity contribution in [3.05, 3.63) is 104 Å². The van der Waals surface area contributed by atoms with Crippen LogP contribution in [0.2, 0.25) is 0 Å². The third-order valence-electron chi connectivity index (χ3n) is 13.4. The topological polar surface area (TPSA) is 171 Å². The molecule has 9 nitrogen and oxygen atoms in total. The molecule has 4 aromatic carbocycles. The first-order chi connectivity index (χ1) is 29.4. The van der Waals surface area contributed by atoms with E-state index in [-0.39, 0.29) is 105 Å². The molecule has 1 fully saturated rings. The van der Waals surface area contributed by atoms with Gasteiger partial charge in [0.2, 0.25) is 0 Å². The van der Waals surface area contributed by atoms with Crippen molar-refractivity contribution >= 4 is 0 Å². The van der Waals surface area contributed by atoms with E-state index < -0.39 is 22.3 Å². The molecule has 2 aliphatic heterocycles. The van der Waals surface area contributed by atoms with Gasteiger partial charge in [0, 0.05) is 57.7 Å². The van der Waals surface area contributed by atoms with Crippen molar-refractivity contribution in [3.8, 4) is 46.0 Å². The lowest BCUT2D eigenvalue weighted by molar-refractivity contribution is -0.00906. The Morgan fingerprint density at radius 3 is 1.70 bits per heavy atom. The Bertz CT molecular complexity index is 2450. The molecule has 2 heterocycles. The normalized spacial score (nSPS) is 20.6. The SMILES string of the molecule is CCc1c(O)ccc(Cc2c(O)c(C(c3cc(Cc4c(O)ccc(C)c4O)c(O)c(CC(C)(C)C)c3O)C34C=CC(O3)C(CC(C)(C)C)C4CC(C)(C)C)cc(C(C)(C)C)c2O)c1O. The summed E-state index contributed by atoms with van der Waals surface area (Å²) in [5, 5.41) is 95.0. The fourth-order valence-electron chi connectivity index (χ4n) is 10.6. The minimum atomic E-state index is -1.16. The van der Waals surface area contributed by atoms with Crippen molar-refractivity contribution in [1.82, 2.24) is 0 Å². The van der Waals surface area contributed by atoms with E-state index in [1.165, 1.54) is 12.1 Å². The molecule has 5 atom stereocenters. The number of hydrogen-bond donors (Lipinski definition) is 8. The van der Waals surface area contributed by atoms with E-state index in [0.29, 0.717) is 50.9 Å². The zero-order valence-electron chi connectivity index (χ0n) is 40.7. The lowest BCUT2D eigenvalue weighted by atomic mass is 9.59. The van der Waals surface area contributed by atoms with Crippen LogP contribution in [0, 0.1) is 35.0 Å². The monoisotopic (exact) mass is 879 g/mol. The average molecular weight is 879 g/mol. The van der Waals surface area contributed by atoms with Gasteiger partial charge in [-0.2, -0.15) is 0 Å². The second kappa shape index (κ2) is 16.8. The predicted molar refractivity (Wildman–Crippen MR) is 254 cm³/mol. The maximum Gasteiger partial charge on any atom is 0.126 e. The Morgan fingerprint density at radius 2 is 1.12 bits per heavy atom. The largest absolute Gasteiger partial charge is 0.508 e. The summed E-state index contributed by atoms with van der Waals surface area (Å²) in [5.74, 6) is -2.10. The number of benzene rings is 4. The van der Waals surface area contributed by atoms with Crippen molar-refractivity contribution in [1.29, 1.82) is 0 Å². The van der Waals surface area contributed by atoms with E-state index in [1.807, 2.05) is 54.5 Å². The van der Waals surface area contributed by atoms with Crippen LogP contribution in [0.15, 0.2) is 48.6 Å². The Labute approximate surface area is 381 Å². The highest BCUT2D eigenvalue weighted by Crippen LogP contribution is 2.63. The van der Waals surface area contributed by atoms with Gasteiger partial charge in [-0.25, -0.2) is 0 Å². The zero-order chi connectivity index (χ0) is 47.8. The number of aromatic hydroxyl groups is 8. The molecule has 0 amide bonds. The van der Waals surface area contributed by atoms with E-state index in [0.717, 1.165) is 12.8 Å². The summed E-state index contributed by atoms with van der Waals surface area (Å²) in [5.41, 5.74) is 1.17. The van der Waals surface area contributed by atoms with Gasteiger partial charge < -0.3 is 45.6 Å². The third kappa shape index (κ3) is 9.24. The van der Waals surface area contributed by atoms with Crippen LogP contribution in [0.5, 0.6) is 46.0 Å². The average Bonchev–Trinajstić information content (AvgIpc) is 3.71. The Kier molecular flexibility index (Phi) is 12.7. The van der Waals surface area contributed by atoms with Gasteiger partial charge in [0.1, 0.15) is 51.6 Å². The summed E-state index contributed by atoms with van der Waals surface area (Å²) in [7, 11) is 0. The van der Waals surface area contributed by atoms with Crippen LogP contribution in [0.4, 0.5) is 0 Å². The summed E-state index contributed by atoms with van der Waals surface area (Å²) in [4.78, 5) is 0. The molecular weight excluding hydrogens is 805 g/mol. The van der Waals surface area contributed by atoms with Gasteiger partial charge in [-0.1, -0.05) is 114 Å². The van der Waals surface area contributed by atoms with Crippen LogP contribution in [0.25, 0.3) is 0 Å². The molecule has 0 spiro atoms. The van der Waals surface area contributed by atoms with Gasteiger partial charge in [-0.15, -0.1) is 0 Å². The number of ether oxygens (including phenoxy) is 1. The minimum Gasteiger partial charge on any atom is -0.508 e. The second-order valence-corrected chi connectivity index (χ2v) is 23.5. The van der Waals surface area contributed by atoms with Crippen LogP contribution in [-0.4, -0.2) is 52.6 Å². The van der Waals surface area contributed by atoms with Gasteiger partial charge >= 0.3 is 0 Å². The Hall–Kier alpha value is -5.02. The molecular formula is C55H74O9. The van der Waals surface area contributed by atoms with E-state index in [9.17, 15) is 40.9 Å². The van der Waals surface area contributed by atoms with E-state index in [4.69, 9.17) is 4.74 Å². The molecule has 0 aliphatic carbocycles. The fourth-order valence-corrected chi connectivity index (χ4v) is 10.6. The number of phenols is 8. The second-order valence-electron chi connectivity index (χ2n) is 23.5. The maximum atomic E-state index is 13.0. The highest BCUT2D eigenvalue weighted by Gasteiger charge is 2.62. The molecule has 5 unspecified atom stereocenters. The van der Waals surface area contributed by atoms with E-state index in [2.05, 4.69) is 53.7 Å². The summed E-state index contributed by atoms with van der Waals surface area (Å²) in [6, 6.07) is 9.80. The van der Waals surface area contributed by atoms with Crippen LogP contribution < -0.4 is 0 Å². The highest BCUT2D eigenvalue weighted by atomic mass is 16.5. The number of fused-ring (bicyclic) bond motifs is 2. The van der Waals surface area contributed by atoms with Gasteiger partial charge in [0.15, 0.2) is 0 Å². The summed E-state index contributed by atoms with van der Waals surface area (Å²) >= 11 is 0. The number of hydrogen-bond acceptors (Lipinski definition) is 9. The van der Waals surface area contributed by atoms with E-state index in [1.54, 1.807) is 25.1 Å². The number of rotatable bonds is 11. The highest BCUT2D eigenvalue weighted by molar-refractivity contribution is 5.66. The van der Waals surface area contributed by atoms with Crippen molar-refractivity contribution in [2.75, 3.05) is 0 Å². The molecule has 0 aromatic heterocycles. The Balaban J connectivity index is 1.77. The van der Waals surface area contributed by atoms with Crippen molar-refractivity contribution in [2.45, 2.75) is 158 Å². The first kappa shape index (κ1) is 48.4. The van der Waals surface area contributed by atoms with Crippen LogP contribution in [-0.2, 0) is 35.8 Å². The predicted octanol–water partition coefficient (Wildman–Crippen LogP) is 12.2. The summed E-state index contributed by atoms with van der Waals surface area (Å²) < 4.78 is 7.41. The molecule has 2 bridgehead atoms. The molecule has 0 saturated carbocycles. The maximum absolute atomic E-state index is 13.0. The first-order valence-corrected chi connectivity index (χ1v) is 22.9. The van der Waals surface area contributed by atoms with Crippen molar-refractivity contribution in [3.63, 3.8) is 0 Å². The molecule has 64 heavy (non-hydrogen) atoms. The van der Waals surface area contributed by atoms with Crippen LogP contribution in [0.1, 0.15) is 164 Å². The zero-order valence-corrected chi connectivity index (χ0v) is 40.7. The number of aryl methyl sites for hydroxylation is 1. The lowest BCUT2D eigenvalue weighted by Crippen LogP contribution is -2.44. The quantitative estimate of drug-likeness (QED) is 0.0683. The van der Waals surface area contributed by atoms with Gasteiger partial charge in [0.25, 0.3) is 0 Å². The van der Waals surface area contributed by atoms with Gasteiger partial charge in [0.05, 0.1) is 6.10 Å². The lowest BCUT2D eigenvalue weighted by Gasteiger charge is -2.44. The minimum absolute atomic E-state index is 0.0480. The van der Waals surface area contributed by atoms with Gasteiger partial charge in [-0.3, -0.25) is 0 Å². The van der Waals surface area contributed by atoms with Crippen LogP contribution in [0.3, 0.4) is 0 Å².